The van der Waals surface area contributed by atoms with Crippen molar-refractivity contribution in [1.82, 2.24) is 0 Å². The average Bonchev–Trinajstić information content (AvgIpc) is 3.02. The van der Waals surface area contributed by atoms with Crippen LogP contribution in [0.3, 0.4) is 0 Å². The van der Waals surface area contributed by atoms with Crippen molar-refractivity contribution in [2.75, 3.05) is 65.4 Å². The summed E-state index contributed by atoms with van der Waals surface area (Å²) < 4.78 is 30.6. The van der Waals surface area contributed by atoms with Crippen molar-refractivity contribution in [2.24, 2.45) is 16.7 Å². The second-order valence-electron chi connectivity index (χ2n) is 9.48. The number of esters is 3. The minimum atomic E-state index is -0.616. The molecule has 3 fully saturated rings. The highest BCUT2D eigenvalue weighted by atomic mass is 127. The summed E-state index contributed by atoms with van der Waals surface area (Å²) in [5.74, 6) is -0.430. The lowest BCUT2D eigenvalue weighted by Gasteiger charge is -2.33. The summed E-state index contributed by atoms with van der Waals surface area (Å²) in [6, 6.07) is 0. The van der Waals surface area contributed by atoms with Gasteiger partial charge in [0.1, 0.15) is 6.29 Å². The van der Waals surface area contributed by atoms with E-state index in [1.165, 1.54) is 21.3 Å². The number of ether oxygens (including phenoxy) is 6. The van der Waals surface area contributed by atoms with Crippen LogP contribution in [-0.4, -0.2) is 89.6 Å². The number of methoxy groups -OCH3 is 3. The molecular weight excluding hydrogens is 647 g/mol. The lowest BCUT2D eigenvalue weighted by atomic mass is 9.77. The Kier molecular flexibility index (Phi) is 24.9. The Hall–Kier alpha value is -1.83. The first-order valence-electron chi connectivity index (χ1n) is 13.5. The van der Waals surface area contributed by atoms with Gasteiger partial charge in [-0.15, -0.1) is 13.2 Å². The van der Waals surface area contributed by atoms with Crippen molar-refractivity contribution in [3.8, 4) is 0 Å². The molecule has 3 aliphatic heterocycles. The van der Waals surface area contributed by atoms with Crippen LogP contribution in [0.1, 0.15) is 58.8 Å². The first-order valence-corrected chi connectivity index (χ1v) is 15.0. The van der Waals surface area contributed by atoms with E-state index in [1.54, 1.807) is 6.08 Å². The number of carbonyl (C=O) groups excluding carboxylic acids is 4. The maximum absolute atomic E-state index is 11.6. The highest BCUT2D eigenvalue weighted by Gasteiger charge is 2.41. The van der Waals surface area contributed by atoms with E-state index in [9.17, 15) is 19.2 Å². The Bertz CT molecular complexity index is 708. The lowest BCUT2D eigenvalue weighted by molar-refractivity contribution is -0.160. The molecule has 11 heteroatoms. The second-order valence-corrected chi connectivity index (χ2v) is 10.4. The minimum Gasteiger partial charge on any atom is -0.469 e. The van der Waals surface area contributed by atoms with E-state index in [0.717, 1.165) is 36.4 Å². The molecule has 3 rings (SSSR count). The van der Waals surface area contributed by atoms with Gasteiger partial charge in [-0.2, -0.15) is 0 Å². The van der Waals surface area contributed by atoms with E-state index in [2.05, 4.69) is 40.5 Å². The summed E-state index contributed by atoms with van der Waals surface area (Å²) in [6.45, 7) is 10.9. The van der Waals surface area contributed by atoms with Crippen molar-refractivity contribution in [3.63, 3.8) is 0 Å². The molecule has 10 nitrogen and oxygen atoms in total. The van der Waals surface area contributed by atoms with Gasteiger partial charge in [-0.1, -0.05) is 42.2 Å². The van der Waals surface area contributed by atoms with Gasteiger partial charge in [-0.05, 0) is 44.9 Å². The van der Waals surface area contributed by atoms with Crippen LogP contribution in [0.25, 0.3) is 0 Å². The zero-order valence-electron chi connectivity index (χ0n) is 24.3. The summed E-state index contributed by atoms with van der Waals surface area (Å²) in [4.78, 5) is 44.3. The fourth-order valence-electron chi connectivity index (χ4n) is 4.48. The zero-order chi connectivity index (χ0) is 30.3. The highest BCUT2D eigenvalue weighted by molar-refractivity contribution is 14.1. The quantitative estimate of drug-likeness (QED) is 0.0864. The van der Waals surface area contributed by atoms with Gasteiger partial charge in [0.05, 0.1) is 38.1 Å². The molecule has 3 saturated heterocycles. The number of halogens is 1. The fraction of sp³-hybridized carbons (Fsp3) is 0.733. The normalized spacial score (nSPS) is 18.7. The van der Waals surface area contributed by atoms with Gasteiger partial charge in [-0.25, -0.2) is 0 Å². The standard InChI is InChI=1S/C10H16O3.C9H14O4.C7H12O3.C3H5I.CH4/c1-3-4-10(9(11)12-2)5-7-13-8-6-10;1-12-8(11)9(2-5-10)3-6-13-7-4-9;1-9-7(8)6-2-4-10-5-3-6;1-2-3-4;/h3H,1,4-8H2,2H3;5H,2-4,6-7H2,1H3;6H,2-5H2,1H3;2H,1,3H2;1H4. The number of aldehydes is 1. The topological polar surface area (TPSA) is 124 Å². The van der Waals surface area contributed by atoms with Gasteiger partial charge in [0.25, 0.3) is 0 Å². The average molecular weight is 699 g/mol. The Morgan fingerprint density at radius 1 is 0.756 bits per heavy atom. The first kappa shape index (κ1) is 41.3. The predicted molar refractivity (Wildman–Crippen MR) is 166 cm³/mol. The van der Waals surface area contributed by atoms with Crippen molar-refractivity contribution in [3.05, 3.63) is 25.3 Å². The number of rotatable bonds is 8. The van der Waals surface area contributed by atoms with Crippen molar-refractivity contribution >= 4 is 46.8 Å². The SMILES string of the molecule is C.C=CCC1(C(=O)OC)CCOCC1.C=CCI.COC(=O)C1(CC=O)CCOCC1.COC(=O)C1CCOCC1. The molecule has 0 amide bonds. The molecule has 0 unspecified atom stereocenters. The van der Waals surface area contributed by atoms with E-state index in [4.69, 9.17) is 23.7 Å². The van der Waals surface area contributed by atoms with E-state index in [0.29, 0.717) is 58.9 Å². The summed E-state index contributed by atoms with van der Waals surface area (Å²) in [5, 5.41) is 0. The van der Waals surface area contributed by atoms with Gasteiger partial charge in [-0.3, -0.25) is 14.4 Å². The summed E-state index contributed by atoms with van der Waals surface area (Å²) in [7, 11) is 4.21. The minimum absolute atomic E-state index is 0. The monoisotopic (exact) mass is 698 g/mol. The molecule has 0 spiro atoms. The van der Waals surface area contributed by atoms with E-state index in [-0.39, 0.29) is 43.1 Å². The molecule has 0 aliphatic carbocycles. The van der Waals surface area contributed by atoms with Gasteiger partial charge < -0.3 is 33.2 Å². The number of hydrogen-bond donors (Lipinski definition) is 0. The molecule has 3 heterocycles. The number of alkyl halides is 1. The third-order valence-electron chi connectivity index (χ3n) is 7.01. The van der Waals surface area contributed by atoms with Crippen molar-refractivity contribution in [2.45, 2.75) is 58.8 Å². The van der Waals surface area contributed by atoms with Crippen LogP contribution in [0.2, 0.25) is 0 Å². The first-order chi connectivity index (χ1) is 19.3. The molecule has 3 aliphatic rings. The van der Waals surface area contributed by atoms with Gasteiger partial charge in [0.15, 0.2) is 0 Å². The van der Waals surface area contributed by atoms with Crippen LogP contribution in [0.15, 0.2) is 25.3 Å². The molecule has 0 radical (unpaired) electrons. The fourth-order valence-corrected chi connectivity index (χ4v) is 4.48. The highest BCUT2D eigenvalue weighted by Crippen LogP contribution is 2.36. The summed E-state index contributed by atoms with van der Waals surface area (Å²) in [6.07, 6.45) is 9.62. The molecule has 0 bridgehead atoms. The van der Waals surface area contributed by atoms with Crippen LogP contribution in [-0.2, 0) is 47.6 Å². The third kappa shape index (κ3) is 15.3. The van der Waals surface area contributed by atoms with E-state index >= 15 is 0 Å². The number of carbonyl (C=O) groups is 4. The molecule has 0 aromatic heterocycles. The lowest BCUT2D eigenvalue weighted by Crippen LogP contribution is -2.38. The molecule has 41 heavy (non-hydrogen) atoms. The van der Waals surface area contributed by atoms with E-state index in [1.807, 2.05) is 6.08 Å². The number of allylic oxidation sites excluding steroid dienone is 2. The van der Waals surface area contributed by atoms with Crippen LogP contribution in [0.4, 0.5) is 0 Å². The van der Waals surface area contributed by atoms with Crippen LogP contribution >= 0.6 is 22.6 Å². The van der Waals surface area contributed by atoms with Gasteiger partial charge >= 0.3 is 17.9 Å². The molecular formula is C30H51IO10. The summed E-state index contributed by atoms with van der Waals surface area (Å²) in [5.41, 5.74) is -0.983. The predicted octanol–water partition coefficient (Wildman–Crippen LogP) is 4.91. The Labute approximate surface area is 260 Å². The molecule has 238 valence electrons. The molecule has 0 aromatic rings. The molecule has 0 N–H and O–H groups in total. The second kappa shape index (κ2) is 24.7. The van der Waals surface area contributed by atoms with E-state index < -0.39 is 5.41 Å². The summed E-state index contributed by atoms with van der Waals surface area (Å²) >= 11 is 2.23. The van der Waals surface area contributed by atoms with Crippen LogP contribution in [0.5, 0.6) is 0 Å². The third-order valence-corrected chi connectivity index (χ3v) is 7.63. The van der Waals surface area contributed by atoms with Crippen molar-refractivity contribution in [1.29, 1.82) is 0 Å². The van der Waals surface area contributed by atoms with Crippen LogP contribution < -0.4 is 0 Å². The number of hydrogen-bond acceptors (Lipinski definition) is 10. The Morgan fingerprint density at radius 3 is 1.46 bits per heavy atom. The molecule has 0 atom stereocenters. The molecule has 0 saturated carbocycles. The maximum atomic E-state index is 11.6. The van der Waals surface area contributed by atoms with Gasteiger partial charge in [0, 0.05) is 50.5 Å². The maximum Gasteiger partial charge on any atom is 0.312 e. The van der Waals surface area contributed by atoms with Crippen molar-refractivity contribution < 1.29 is 47.6 Å². The van der Waals surface area contributed by atoms with Crippen LogP contribution in [0, 0.1) is 16.7 Å². The molecule has 0 aromatic carbocycles. The smallest absolute Gasteiger partial charge is 0.312 e. The Morgan fingerprint density at radius 2 is 1.15 bits per heavy atom. The largest absolute Gasteiger partial charge is 0.469 e. The van der Waals surface area contributed by atoms with Gasteiger partial charge in [0.2, 0.25) is 0 Å². The Balaban J connectivity index is 0. The zero-order valence-corrected chi connectivity index (χ0v) is 26.4.